The van der Waals surface area contributed by atoms with Gasteiger partial charge >= 0.3 is 0 Å². The number of carbonyl (C=O) groups is 1. The average molecular weight is 434 g/mol. The summed E-state index contributed by atoms with van der Waals surface area (Å²) in [5, 5.41) is 0.759. The van der Waals surface area contributed by atoms with Crippen molar-refractivity contribution in [3.8, 4) is 0 Å². The maximum Gasteiger partial charge on any atom is 0.236 e. The lowest BCUT2D eigenvalue weighted by Crippen LogP contribution is -2.52. The van der Waals surface area contributed by atoms with Crippen LogP contribution in [0.4, 0.5) is 0 Å². The van der Waals surface area contributed by atoms with Crippen molar-refractivity contribution in [1.29, 1.82) is 0 Å². The smallest absolute Gasteiger partial charge is 0.236 e. The number of hydrogen-bond donors (Lipinski definition) is 0. The van der Waals surface area contributed by atoms with Gasteiger partial charge in [-0.3, -0.25) is 9.69 Å². The van der Waals surface area contributed by atoms with E-state index in [1.165, 1.54) is 10.7 Å². The molecule has 2 saturated heterocycles. The molecule has 0 radical (unpaired) electrons. The zero-order valence-corrected chi connectivity index (χ0v) is 17.6. The molecule has 2 heterocycles. The van der Waals surface area contributed by atoms with Gasteiger partial charge in [0, 0.05) is 39.3 Å². The minimum atomic E-state index is -3.43. The number of hydrogen-bond acceptors (Lipinski definition) is 4. The number of nitrogens with zero attached hydrogens (tertiary/aromatic N) is 3. The molecule has 27 heavy (non-hydrogen) atoms. The van der Waals surface area contributed by atoms with Crippen molar-refractivity contribution in [2.45, 2.75) is 25.0 Å². The number of benzene rings is 1. The molecule has 6 nitrogen and oxygen atoms in total. The standard InChI is InChI=1S/C18H25Cl2N3O3S/c19-16-5-4-15(12-17(16)20)14-27(25,26)23-10-8-21(9-11-23)13-18(24)22-6-2-1-3-7-22/h4-5,12H,1-3,6-11,13-14H2. The summed E-state index contributed by atoms with van der Waals surface area (Å²) in [5.41, 5.74) is 0.618. The van der Waals surface area contributed by atoms with Gasteiger partial charge in [-0.2, -0.15) is 4.31 Å². The van der Waals surface area contributed by atoms with Crippen LogP contribution in [0, 0.1) is 0 Å². The summed E-state index contributed by atoms with van der Waals surface area (Å²) in [6, 6.07) is 4.88. The van der Waals surface area contributed by atoms with E-state index in [1.54, 1.807) is 18.2 Å². The van der Waals surface area contributed by atoms with Crippen LogP contribution in [0.1, 0.15) is 24.8 Å². The second-order valence-corrected chi connectivity index (χ2v) is 9.90. The van der Waals surface area contributed by atoms with Gasteiger partial charge in [0.1, 0.15) is 0 Å². The third kappa shape index (κ3) is 5.57. The topological polar surface area (TPSA) is 60.9 Å². The lowest BCUT2D eigenvalue weighted by atomic mass is 10.1. The van der Waals surface area contributed by atoms with E-state index in [0.29, 0.717) is 48.3 Å². The summed E-state index contributed by atoms with van der Waals surface area (Å²) >= 11 is 11.9. The molecule has 2 aliphatic rings. The number of sulfonamides is 1. The monoisotopic (exact) mass is 433 g/mol. The van der Waals surface area contributed by atoms with Crippen LogP contribution in [0.5, 0.6) is 0 Å². The number of amides is 1. The molecular weight excluding hydrogens is 409 g/mol. The van der Waals surface area contributed by atoms with Crippen LogP contribution < -0.4 is 0 Å². The Morgan fingerprint density at radius 1 is 0.926 bits per heavy atom. The van der Waals surface area contributed by atoms with Gasteiger partial charge in [0.05, 0.1) is 22.3 Å². The van der Waals surface area contributed by atoms with Crippen molar-refractivity contribution in [3.05, 3.63) is 33.8 Å². The number of rotatable bonds is 5. The lowest BCUT2D eigenvalue weighted by molar-refractivity contribution is -0.133. The second kappa shape index (κ2) is 9.09. The van der Waals surface area contributed by atoms with Crippen LogP contribution in [0.2, 0.25) is 10.0 Å². The van der Waals surface area contributed by atoms with E-state index in [0.717, 1.165) is 25.9 Å². The van der Waals surface area contributed by atoms with Crippen molar-refractivity contribution >= 4 is 39.1 Å². The first-order valence-electron chi connectivity index (χ1n) is 9.27. The Labute approximate surface area is 171 Å². The molecule has 1 aromatic carbocycles. The number of piperazine rings is 1. The van der Waals surface area contributed by atoms with E-state index < -0.39 is 10.0 Å². The highest BCUT2D eigenvalue weighted by Crippen LogP contribution is 2.24. The summed E-state index contributed by atoms with van der Waals surface area (Å²) < 4.78 is 26.9. The lowest BCUT2D eigenvalue weighted by Gasteiger charge is -2.35. The summed E-state index contributed by atoms with van der Waals surface area (Å²) in [5.74, 6) is 0.0539. The molecule has 0 aliphatic carbocycles. The van der Waals surface area contributed by atoms with E-state index >= 15 is 0 Å². The molecule has 0 aromatic heterocycles. The molecule has 3 rings (SSSR count). The normalized spacial score (nSPS) is 20.0. The minimum absolute atomic E-state index is 0.101. The van der Waals surface area contributed by atoms with Gasteiger partial charge in [0.15, 0.2) is 0 Å². The zero-order chi connectivity index (χ0) is 19.4. The molecule has 0 saturated carbocycles. The van der Waals surface area contributed by atoms with Crippen LogP contribution >= 0.6 is 23.2 Å². The van der Waals surface area contributed by atoms with Crippen molar-refractivity contribution in [2.75, 3.05) is 45.8 Å². The highest BCUT2D eigenvalue weighted by molar-refractivity contribution is 7.88. The fourth-order valence-electron chi connectivity index (χ4n) is 3.53. The van der Waals surface area contributed by atoms with E-state index in [9.17, 15) is 13.2 Å². The van der Waals surface area contributed by atoms with Gasteiger partial charge in [-0.1, -0.05) is 29.3 Å². The van der Waals surface area contributed by atoms with E-state index in [1.807, 2.05) is 9.80 Å². The molecule has 2 fully saturated rings. The Morgan fingerprint density at radius 3 is 2.22 bits per heavy atom. The Balaban J connectivity index is 1.51. The number of piperidine rings is 1. The van der Waals surface area contributed by atoms with Crippen molar-refractivity contribution in [1.82, 2.24) is 14.1 Å². The van der Waals surface area contributed by atoms with Crippen LogP contribution in [0.25, 0.3) is 0 Å². The Hall–Kier alpha value is -0.860. The first kappa shape index (κ1) is 20.9. The summed E-state index contributed by atoms with van der Waals surface area (Å²) in [4.78, 5) is 16.3. The van der Waals surface area contributed by atoms with Gasteiger partial charge in [-0.05, 0) is 37.0 Å². The van der Waals surface area contributed by atoms with Crippen LogP contribution in [0.15, 0.2) is 18.2 Å². The quantitative estimate of drug-likeness (QED) is 0.715. The molecule has 0 spiro atoms. The number of halogens is 2. The van der Waals surface area contributed by atoms with E-state index in [2.05, 4.69) is 0 Å². The van der Waals surface area contributed by atoms with Gasteiger partial charge in [-0.15, -0.1) is 0 Å². The highest BCUT2D eigenvalue weighted by atomic mass is 35.5. The molecule has 9 heteroatoms. The predicted molar refractivity (Wildman–Crippen MR) is 108 cm³/mol. The van der Waals surface area contributed by atoms with E-state index in [4.69, 9.17) is 23.2 Å². The van der Waals surface area contributed by atoms with Crippen molar-refractivity contribution in [3.63, 3.8) is 0 Å². The second-order valence-electron chi connectivity index (χ2n) is 7.12. The molecule has 0 atom stereocenters. The molecule has 2 aliphatic heterocycles. The first-order chi connectivity index (χ1) is 12.8. The minimum Gasteiger partial charge on any atom is -0.342 e. The molecule has 0 unspecified atom stereocenters. The zero-order valence-electron chi connectivity index (χ0n) is 15.2. The van der Waals surface area contributed by atoms with Gasteiger partial charge in [-0.25, -0.2) is 8.42 Å². The van der Waals surface area contributed by atoms with Gasteiger partial charge in [0.25, 0.3) is 0 Å². The first-order valence-corrected chi connectivity index (χ1v) is 11.6. The Kier molecular flexibility index (Phi) is 7.03. The summed E-state index contributed by atoms with van der Waals surface area (Å²) in [7, 11) is -3.43. The number of carbonyl (C=O) groups excluding carboxylic acids is 1. The fraction of sp³-hybridized carbons (Fsp3) is 0.611. The predicted octanol–water partition coefficient (Wildman–Crippen LogP) is 2.45. The molecule has 0 bridgehead atoms. The van der Waals surface area contributed by atoms with Crippen LogP contribution in [-0.4, -0.2) is 74.2 Å². The highest BCUT2D eigenvalue weighted by Gasteiger charge is 2.29. The molecule has 0 N–H and O–H groups in total. The third-order valence-electron chi connectivity index (χ3n) is 5.13. The average Bonchev–Trinajstić information content (AvgIpc) is 2.66. The van der Waals surface area contributed by atoms with Crippen molar-refractivity contribution < 1.29 is 13.2 Å². The molecule has 150 valence electrons. The molecule has 1 amide bonds. The van der Waals surface area contributed by atoms with Gasteiger partial charge < -0.3 is 4.90 Å². The van der Waals surface area contributed by atoms with Crippen LogP contribution in [-0.2, 0) is 20.6 Å². The summed E-state index contributed by atoms with van der Waals surface area (Å²) in [6.45, 7) is 4.00. The Bertz CT molecular complexity index is 774. The summed E-state index contributed by atoms with van der Waals surface area (Å²) in [6.07, 6.45) is 3.35. The van der Waals surface area contributed by atoms with Crippen molar-refractivity contribution in [2.24, 2.45) is 0 Å². The fourth-order valence-corrected chi connectivity index (χ4v) is 5.36. The maximum absolute atomic E-state index is 12.7. The van der Waals surface area contributed by atoms with Crippen LogP contribution in [0.3, 0.4) is 0 Å². The molecular formula is C18H25Cl2N3O3S. The van der Waals surface area contributed by atoms with Gasteiger partial charge in [0.2, 0.25) is 15.9 Å². The van der Waals surface area contributed by atoms with E-state index in [-0.39, 0.29) is 11.7 Å². The maximum atomic E-state index is 12.7. The Morgan fingerprint density at radius 2 is 1.59 bits per heavy atom. The number of likely N-dealkylation sites (tertiary alicyclic amines) is 1. The largest absolute Gasteiger partial charge is 0.342 e. The molecule has 1 aromatic rings. The SMILES string of the molecule is O=C(CN1CCN(S(=O)(=O)Cc2ccc(Cl)c(Cl)c2)CC1)N1CCCCC1. The third-order valence-corrected chi connectivity index (χ3v) is 7.71.